The fraction of sp³-hybridized carbons (Fsp3) is 0.364. The van der Waals surface area contributed by atoms with E-state index < -0.39 is 5.91 Å². The summed E-state index contributed by atoms with van der Waals surface area (Å²) in [5.41, 5.74) is 2.95. The summed E-state index contributed by atoms with van der Waals surface area (Å²) in [6.07, 6.45) is 2.54. The van der Waals surface area contributed by atoms with Crippen LogP contribution in [0, 0.1) is 6.92 Å². The molecule has 6 nitrogen and oxygen atoms in total. The van der Waals surface area contributed by atoms with Crippen LogP contribution in [-0.2, 0) is 4.79 Å². The summed E-state index contributed by atoms with van der Waals surface area (Å²) >= 11 is 0. The number of hydrogen-bond donors (Lipinski definition) is 3. The largest absolute Gasteiger partial charge is 0.507 e. The zero-order valence-electron chi connectivity index (χ0n) is 16.4. The predicted octanol–water partition coefficient (Wildman–Crippen LogP) is 3.45. The lowest BCUT2D eigenvalue weighted by molar-refractivity contribution is -0.116. The van der Waals surface area contributed by atoms with Crippen molar-refractivity contribution < 1.29 is 14.7 Å². The molecule has 2 amide bonds. The van der Waals surface area contributed by atoms with Crippen molar-refractivity contribution in [1.29, 1.82) is 0 Å². The molecule has 3 rings (SSSR count). The van der Waals surface area contributed by atoms with Crippen LogP contribution < -0.4 is 15.5 Å². The molecule has 0 aliphatic carbocycles. The van der Waals surface area contributed by atoms with Gasteiger partial charge in [-0.3, -0.25) is 9.59 Å². The predicted molar refractivity (Wildman–Crippen MR) is 111 cm³/mol. The van der Waals surface area contributed by atoms with Crippen LogP contribution in [0.3, 0.4) is 0 Å². The molecule has 2 aromatic carbocycles. The number of phenols is 1. The topological polar surface area (TPSA) is 81.7 Å². The second-order valence-electron chi connectivity index (χ2n) is 7.39. The third-order valence-corrected chi connectivity index (χ3v) is 4.87. The van der Waals surface area contributed by atoms with Gasteiger partial charge < -0.3 is 20.6 Å². The van der Waals surface area contributed by atoms with Crippen LogP contribution in [0.4, 0.5) is 11.4 Å². The molecule has 2 aromatic rings. The molecule has 1 aliphatic rings. The number of aryl methyl sites for hydroxylation is 1. The number of rotatable bonds is 6. The average molecular weight is 381 g/mol. The molecule has 1 unspecified atom stereocenters. The van der Waals surface area contributed by atoms with Crippen LogP contribution in [0.5, 0.6) is 5.75 Å². The Kier molecular flexibility index (Phi) is 6.19. The van der Waals surface area contributed by atoms with Gasteiger partial charge in [0.2, 0.25) is 5.91 Å². The highest BCUT2D eigenvalue weighted by atomic mass is 16.3. The average Bonchev–Trinajstić information content (AvgIpc) is 3.16. The minimum atomic E-state index is -0.395. The maximum absolute atomic E-state index is 12.4. The molecule has 0 radical (unpaired) electrons. The highest BCUT2D eigenvalue weighted by Crippen LogP contribution is 2.23. The number of anilines is 2. The van der Waals surface area contributed by atoms with Gasteiger partial charge in [0.05, 0.1) is 5.56 Å². The van der Waals surface area contributed by atoms with E-state index in [2.05, 4.69) is 21.6 Å². The van der Waals surface area contributed by atoms with Crippen LogP contribution >= 0.6 is 0 Å². The Morgan fingerprint density at radius 2 is 1.89 bits per heavy atom. The zero-order valence-corrected chi connectivity index (χ0v) is 16.4. The Morgan fingerprint density at radius 3 is 2.61 bits per heavy atom. The number of nitrogens with one attached hydrogen (secondary N) is 2. The summed E-state index contributed by atoms with van der Waals surface area (Å²) in [7, 11) is 0. The number of benzene rings is 2. The first kappa shape index (κ1) is 19.7. The molecule has 3 N–H and O–H groups in total. The Labute approximate surface area is 165 Å². The molecule has 0 bridgehead atoms. The van der Waals surface area contributed by atoms with Gasteiger partial charge in [0.25, 0.3) is 5.91 Å². The third-order valence-electron chi connectivity index (χ3n) is 4.87. The summed E-state index contributed by atoms with van der Waals surface area (Å²) in [6.45, 7) is 5.70. The number of carbonyl (C=O) groups is 2. The summed E-state index contributed by atoms with van der Waals surface area (Å²) in [5, 5.41) is 15.6. The van der Waals surface area contributed by atoms with E-state index >= 15 is 0 Å². The first-order valence-electron chi connectivity index (χ1n) is 9.68. The van der Waals surface area contributed by atoms with E-state index in [4.69, 9.17) is 0 Å². The molecular weight excluding hydrogens is 354 g/mol. The summed E-state index contributed by atoms with van der Waals surface area (Å²) in [6, 6.07) is 12.4. The summed E-state index contributed by atoms with van der Waals surface area (Å²) in [4.78, 5) is 27.0. The van der Waals surface area contributed by atoms with E-state index in [1.807, 2.05) is 25.1 Å². The zero-order chi connectivity index (χ0) is 20.1. The Balaban J connectivity index is 1.54. The van der Waals surface area contributed by atoms with Gasteiger partial charge in [-0.1, -0.05) is 12.1 Å². The van der Waals surface area contributed by atoms with Gasteiger partial charge in [0.15, 0.2) is 0 Å². The lowest BCUT2D eigenvalue weighted by atomic mass is 10.1. The molecule has 0 saturated carbocycles. The normalized spacial score (nSPS) is 14.6. The second-order valence-corrected chi connectivity index (χ2v) is 7.39. The van der Waals surface area contributed by atoms with Crippen molar-refractivity contribution in [3.63, 3.8) is 0 Å². The van der Waals surface area contributed by atoms with Crippen molar-refractivity contribution in [3.05, 3.63) is 53.6 Å². The minimum Gasteiger partial charge on any atom is -0.507 e. The van der Waals surface area contributed by atoms with Gasteiger partial charge in [0, 0.05) is 36.9 Å². The van der Waals surface area contributed by atoms with Crippen molar-refractivity contribution in [1.82, 2.24) is 5.32 Å². The highest BCUT2D eigenvalue weighted by molar-refractivity contribution is 5.98. The molecule has 1 aliphatic heterocycles. The standard InChI is InChI=1S/C22H27N3O3/c1-15-8-9-19(20(26)12-15)22(28)23-16(2)13-21(27)24-17-6-5-7-18(14-17)25-10-3-4-11-25/h5-9,12,14,16,26H,3-4,10-11,13H2,1-2H3,(H,23,28)(H,24,27). The van der Waals surface area contributed by atoms with Gasteiger partial charge in [0.1, 0.15) is 5.75 Å². The molecule has 1 saturated heterocycles. The third kappa shape index (κ3) is 5.03. The monoisotopic (exact) mass is 381 g/mol. The molecular formula is C22H27N3O3. The maximum atomic E-state index is 12.4. The quantitative estimate of drug-likeness (QED) is 0.716. The maximum Gasteiger partial charge on any atom is 0.255 e. The van der Waals surface area contributed by atoms with Crippen LogP contribution in [0.1, 0.15) is 42.1 Å². The van der Waals surface area contributed by atoms with Crippen LogP contribution in [0.25, 0.3) is 0 Å². The Morgan fingerprint density at radius 1 is 1.14 bits per heavy atom. The van der Waals surface area contributed by atoms with E-state index in [1.165, 1.54) is 12.8 Å². The number of nitrogens with zero attached hydrogens (tertiary/aromatic N) is 1. The van der Waals surface area contributed by atoms with Crippen molar-refractivity contribution in [2.24, 2.45) is 0 Å². The molecule has 0 aromatic heterocycles. The van der Waals surface area contributed by atoms with E-state index in [9.17, 15) is 14.7 Å². The van der Waals surface area contributed by atoms with Gasteiger partial charge in [-0.15, -0.1) is 0 Å². The lowest BCUT2D eigenvalue weighted by Gasteiger charge is -2.19. The lowest BCUT2D eigenvalue weighted by Crippen LogP contribution is -2.35. The molecule has 28 heavy (non-hydrogen) atoms. The van der Waals surface area contributed by atoms with Crippen molar-refractivity contribution >= 4 is 23.2 Å². The van der Waals surface area contributed by atoms with Crippen LogP contribution in [-0.4, -0.2) is 36.1 Å². The molecule has 0 spiro atoms. The summed E-state index contributed by atoms with van der Waals surface area (Å²) in [5.74, 6) is -0.624. The van der Waals surface area contributed by atoms with E-state index in [0.29, 0.717) is 0 Å². The first-order valence-corrected chi connectivity index (χ1v) is 9.68. The van der Waals surface area contributed by atoms with Crippen molar-refractivity contribution in [2.45, 2.75) is 39.2 Å². The van der Waals surface area contributed by atoms with E-state index in [-0.39, 0.29) is 29.7 Å². The van der Waals surface area contributed by atoms with Gasteiger partial charge >= 0.3 is 0 Å². The fourth-order valence-electron chi connectivity index (χ4n) is 3.43. The van der Waals surface area contributed by atoms with Crippen molar-refractivity contribution in [3.8, 4) is 5.75 Å². The van der Waals surface area contributed by atoms with Crippen LogP contribution in [0.15, 0.2) is 42.5 Å². The van der Waals surface area contributed by atoms with Gasteiger partial charge in [-0.05, 0) is 62.6 Å². The first-order chi connectivity index (χ1) is 13.4. The SMILES string of the molecule is Cc1ccc(C(=O)NC(C)CC(=O)Nc2cccc(N3CCCC3)c2)c(O)c1. The van der Waals surface area contributed by atoms with Gasteiger partial charge in [-0.25, -0.2) is 0 Å². The number of phenolic OH excluding ortho intramolecular Hbond substituents is 1. The number of amides is 2. The van der Waals surface area contributed by atoms with Crippen molar-refractivity contribution in [2.75, 3.05) is 23.3 Å². The molecule has 1 fully saturated rings. The molecule has 1 atom stereocenters. The molecule has 148 valence electrons. The fourth-order valence-corrected chi connectivity index (χ4v) is 3.43. The highest BCUT2D eigenvalue weighted by Gasteiger charge is 2.17. The minimum absolute atomic E-state index is 0.0621. The summed E-state index contributed by atoms with van der Waals surface area (Å²) < 4.78 is 0. The number of carbonyl (C=O) groups excluding carboxylic acids is 2. The smallest absolute Gasteiger partial charge is 0.255 e. The van der Waals surface area contributed by atoms with E-state index in [0.717, 1.165) is 30.0 Å². The second kappa shape index (κ2) is 8.78. The molecule has 1 heterocycles. The number of hydrogen-bond acceptors (Lipinski definition) is 4. The van der Waals surface area contributed by atoms with Gasteiger partial charge in [-0.2, -0.15) is 0 Å². The Hall–Kier alpha value is -3.02. The number of aromatic hydroxyl groups is 1. The molecule has 6 heteroatoms. The Bertz CT molecular complexity index is 860. The van der Waals surface area contributed by atoms with E-state index in [1.54, 1.807) is 25.1 Å². The van der Waals surface area contributed by atoms with Crippen LogP contribution in [0.2, 0.25) is 0 Å².